The van der Waals surface area contributed by atoms with Crippen molar-refractivity contribution in [2.24, 2.45) is 23.2 Å². The van der Waals surface area contributed by atoms with Crippen LogP contribution < -0.4 is 5.32 Å². The van der Waals surface area contributed by atoms with E-state index in [2.05, 4.69) is 19.2 Å². The first kappa shape index (κ1) is 18.5. The Bertz CT molecular complexity index is 313. The van der Waals surface area contributed by atoms with Gasteiger partial charge in [0.15, 0.2) is 0 Å². The van der Waals surface area contributed by atoms with Gasteiger partial charge in [0.1, 0.15) is 0 Å². The molecular formula is C18H34ClNO2. The summed E-state index contributed by atoms with van der Waals surface area (Å²) in [6.07, 6.45) is 9.77. The van der Waals surface area contributed by atoms with E-state index < -0.39 is 0 Å². The lowest BCUT2D eigenvalue weighted by molar-refractivity contribution is -0.0730. The highest BCUT2D eigenvalue weighted by Crippen LogP contribution is 2.61. The van der Waals surface area contributed by atoms with Crippen molar-refractivity contribution in [2.45, 2.75) is 70.9 Å². The highest BCUT2D eigenvalue weighted by atomic mass is 35.5. The number of rotatable bonds is 8. The van der Waals surface area contributed by atoms with Crippen LogP contribution in [0.25, 0.3) is 0 Å². The van der Waals surface area contributed by atoms with E-state index in [4.69, 9.17) is 4.74 Å². The van der Waals surface area contributed by atoms with Gasteiger partial charge in [-0.2, -0.15) is 0 Å². The molecule has 0 aromatic heterocycles. The number of halogens is 1. The smallest absolute Gasteiger partial charge is 0.0897 e. The largest absolute Gasteiger partial charge is 0.389 e. The number of hydrogen-bond donors (Lipinski definition) is 2. The fourth-order valence-corrected chi connectivity index (χ4v) is 5.53. The van der Waals surface area contributed by atoms with Gasteiger partial charge in [-0.05, 0) is 68.1 Å². The lowest BCUT2D eigenvalue weighted by Gasteiger charge is -2.57. The van der Waals surface area contributed by atoms with Gasteiger partial charge in [0.2, 0.25) is 0 Å². The van der Waals surface area contributed by atoms with Gasteiger partial charge in [0.05, 0.1) is 12.7 Å². The summed E-state index contributed by atoms with van der Waals surface area (Å²) in [6.45, 7) is 6.15. The van der Waals surface area contributed by atoms with Gasteiger partial charge < -0.3 is 15.2 Å². The van der Waals surface area contributed by atoms with E-state index in [1.54, 1.807) is 0 Å². The Morgan fingerprint density at radius 1 is 1.09 bits per heavy atom. The lowest BCUT2D eigenvalue weighted by Crippen LogP contribution is -2.46. The van der Waals surface area contributed by atoms with Crippen molar-refractivity contribution in [3.8, 4) is 0 Å². The molecule has 0 saturated heterocycles. The molecule has 0 heterocycles. The molecular weight excluding hydrogens is 298 g/mol. The van der Waals surface area contributed by atoms with Crippen LogP contribution >= 0.6 is 12.4 Å². The van der Waals surface area contributed by atoms with E-state index in [1.165, 1.54) is 44.9 Å². The molecule has 0 aromatic carbocycles. The van der Waals surface area contributed by atoms with Crippen LogP contribution in [0.1, 0.15) is 58.8 Å². The molecule has 4 heteroatoms. The van der Waals surface area contributed by atoms with Crippen LogP contribution in [0, 0.1) is 23.2 Å². The zero-order valence-corrected chi connectivity index (χ0v) is 15.0. The molecule has 130 valence electrons. The monoisotopic (exact) mass is 331 g/mol. The minimum Gasteiger partial charge on any atom is -0.389 e. The summed E-state index contributed by atoms with van der Waals surface area (Å²) < 4.78 is 5.78. The minimum atomic E-state index is -0.372. The fraction of sp³-hybridized carbons (Fsp3) is 1.00. The van der Waals surface area contributed by atoms with Crippen molar-refractivity contribution in [1.29, 1.82) is 0 Å². The molecule has 0 aromatic rings. The van der Waals surface area contributed by atoms with E-state index in [1.807, 2.05) is 0 Å². The Labute approximate surface area is 142 Å². The first-order valence-corrected chi connectivity index (χ1v) is 9.04. The van der Waals surface area contributed by atoms with Crippen LogP contribution in [0.15, 0.2) is 0 Å². The standard InChI is InChI=1S/C18H33NO2.ClH/c1-13(2)19-11-17(20)12-21-4-3-18-8-14-5-15(9-18)7-16(6-14)10-18;/h13-17,19-20H,3-12H2,1-2H3;1H. The van der Waals surface area contributed by atoms with E-state index in [0.29, 0.717) is 24.6 Å². The van der Waals surface area contributed by atoms with Crippen LogP contribution in [0.4, 0.5) is 0 Å². The molecule has 4 fully saturated rings. The second-order valence-electron chi connectivity index (χ2n) is 8.46. The van der Waals surface area contributed by atoms with Gasteiger partial charge in [-0.3, -0.25) is 0 Å². The Morgan fingerprint density at radius 2 is 1.64 bits per heavy atom. The first-order valence-electron chi connectivity index (χ1n) is 9.04. The third-order valence-electron chi connectivity index (χ3n) is 6.01. The molecule has 4 saturated carbocycles. The topological polar surface area (TPSA) is 41.5 Å². The summed E-state index contributed by atoms with van der Waals surface area (Å²) in [5, 5.41) is 13.1. The highest BCUT2D eigenvalue weighted by molar-refractivity contribution is 5.85. The van der Waals surface area contributed by atoms with Gasteiger partial charge in [-0.25, -0.2) is 0 Å². The average Bonchev–Trinajstić information content (AvgIpc) is 2.40. The molecule has 3 nitrogen and oxygen atoms in total. The number of aliphatic hydroxyl groups is 1. The van der Waals surface area contributed by atoms with Crippen LogP contribution in [0.3, 0.4) is 0 Å². The molecule has 0 spiro atoms. The summed E-state index contributed by atoms with van der Waals surface area (Å²) >= 11 is 0. The molecule has 0 aliphatic heterocycles. The zero-order chi connectivity index (χ0) is 14.9. The summed E-state index contributed by atoms with van der Waals surface area (Å²) in [6, 6.07) is 0.423. The molecule has 1 unspecified atom stereocenters. The zero-order valence-electron chi connectivity index (χ0n) is 14.2. The summed E-state index contributed by atoms with van der Waals surface area (Å²) in [7, 11) is 0. The molecule has 4 rings (SSSR count). The average molecular weight is 332 g/mol. The van der Waals surface area contributed by atoms with Crippen LogP contribution in [0.2, 0.25) is 0 Å². The second-order valence-corrected chi connectivity index (χ2v) is 8.46. The molecule has 0 amide bonds. The predicted octanol–water partition coefficient (Wildman–Crippen LogP) is 3.39. The number of ether oxygens (including phenoxy) is 1. The summed E-state index contributed by atoms with van der Waals surface area (Å²) in [5.41, 5.74) is 0.607. The predicted molar refractivity (Wildman–Crippen MR) is 92.4 cm³/mol. The van der Waals surface area contributed by atoms with Gasteiger partial charge in [0.25, 0.3) is 0 Å². The molecule has 1 atom stereocenters. The van der Waals surface area contributed by atoms with Gasteiger partial charge in [0, 0.05) is 19.2 Å². The molecule has 22 heavy (non-hydrogen) atoms. The maximum atomic E-state index is 9.87. The molecule has 4 bridgehead atoms. The Hall–Kier alpha value is 0.170. The molecule has 0 radical (unpaired) electrons. The lowest BCUT2D eigenvalue weighted by atomic mass is 9.49. The van der Waals surface area contributed by atoms with Crippen LogP contribution in [-0.2, 0) is 4.74 Å². The van der Waals surface area contributed by atoms with E-state index in [9.17, 15) is 5.11 Å². The second kappa shape index (κ2) is 7.83. The Balaban J connectivity index is 0.00000176. The first-order chi connectivity index (χ1) is 10.0. The van der Waals surface area contributed by atoms with Crippen molar-refractivity contribution in [3.05, 3.63) is 0 Å². The molecule has 4 aliphatic carbocycles. The van der Waals surface area contributed by atoms with Gasteiger partial charge >= 0.3 is 0 Å². The maximum Gasteiger partial charge on any atom is 0.0897 e. The SMILES string of the molecule is CC(C)NCC(O)COCCC12CC3CC(CC(C3)C1)C2.Cl. The van der Waals surface area contributed by atoms with Crippen molar-refractivity contribution in [2.75, 3.05) is 19.8 Å². The third kappa shape index (κ3) is 4.59. The number of aliphatic hydroxyl groups excluding tert-OH is 1. The van der Waals surface area contributed by atoms with Crippen LogP contribution in [0.5, 0.6) is 0 Å². The Morgan fingerprint density at radius 3 is 2.14 bits per heavy atom. The van der Waals surface area contributed by atoms with Gasteiger partial charge in [-0.1, -0.05) is 13.8 Å². The highest BCUT2D eigenvalue weighted by Gasteiger charge is 2.50. The van der Waals surface area contributed by atoms with Gasteiger partial charge in [-0.15, -0.1) is 12.4 Å². The number of nitrogens with one attached hydrogen (secondary N) is 1. The van der Waals surface area contributed by atoms with E-state index in [-0.39, 0.29) is 18.5 Å². The van der Waals surface area contributed by atoms with Crippen LogP contribution in [-0.4, -0.2) is 37.0 Å². The summed E-state index contributed by atoms with van der Waals surface area (Å²) in [5.74, 6) is 3.08. The van der Waals surface area contributed by atoms with Crippen molar-refractivity contribution in [1.82, 2.24) is 5.32 Å². The number of hydrogen-bond acceptors (Lipinski definition) is 3. The van der Waals surface area contributed by atoms with Crippen molar-refractivity contribution >= 4 is 12.4 Å². The van der Waals surface area contributed by atoms with E-state index >= 15 is 0 Å². The minimum absolute atomic E-state index is 0. The fourth-order valence-electron chi connectivity index (χ4n) is 5.53. The normalized spacial score (nSPS) is 37.4. The van der Waals surface area contributed by atoms with Crippen molar-refractivity contribution < 1.29 is 9.84 Å². The maximum absolute atomic E-state index is 9.87. The Kier molecular flexibility index (Phi) is 6.59. The molecule has 4 aliphatic rings. The third-order valence-corrected chi connectivity index (χ3v) is 6.01. The quantitative estimate of drug-likeness (QED) is 0.670. The van der Waals surface area contributed by atoms with E-state index in [0.717, 1.165) is 24.4 Å². The summed E-state index contributed by atoms with van der Waals surface area (Å²) in [4.78, 5) is 0. The molecule has 2 N–H and O–H groups in total. The van der Waals surface area contributed by atoms with Crippen molar-refractivity contribution in [3.63, 3.8) is 0 Å².